The predicted molar refractivity (Wildman–Crippen MR) is 73.9 cm³/mol. The van der Waals surface area contributed by atoms with Gasteiger partial charge in [-0.2, -0.15) is 0 Å². The maximum atomic E-state index is 12.0. The van der Waals surface area contributed by atoms with E-state index >= 15 is 0 Å². The zero-order valence-corrected chi connectivity index (χ0v) is 9.53. The van der Waals surface area contributed by atoms with Gasteiger partial charge in [0, 0.05) is 17.1 Å². The molecule has 0 unspecified atom stereocenters. The first-order valence-corrected chi connectivity index (χ1v) is 5.85. The van der Waals surface area contributed by atoms with Gasteiger partial charge in [0.05, 0.1) is 10.9 Å². The maximum absolute atomic E-state index is 12.0. The predicted octanol–water partition coefficient (Wildman–Crippen LogP) is 3.16. The number of H-pyrrole nitrogens is 2. The second-order valence-corrected chi connectivity index (χ2v) is 4.43. The van der Waals surface area contributed by atoms with Gasteiger partial charge in [0.1, 0.15) is 0 Å². The number of nitrogens with one attached hydrogen (secondary N) is 2. The molecule has 0 saturated heterocycles. The Balaban J connectivity index is 2.44. The van der Waals surface area contributed by atoms with Gasteiger partial charge in [-0.05, 0) is 22.9 Å². The van der Waals surface area contributed by atoms with Crippen LogP contribution in [0.4, 0.5) is 0 Å². The maximum Gasteiger partial charge on any atom is 0.258 e. The van der Waals surface area contributed by atoms with Crippen molar-refractivity contribution in [3.05, 3.63) is 59.0 Å². The van der Waals surface area contributed by atoms with Crippen LogP contribution in [-0.4, -0.2) is 9.97 Å². The van der Waals surface area contributed by atoms with Gasteiger partial charge in [-0.25, -0.2) is 0 Å². The van der Waals surface area contributed by atoms with Gasteiger partial charge in [0.25, 0.3) is 5.56 Å². The molecule has 2 aromatic heterocycles. The fourth-order valence-corrected chi connectivity index (χ4v) is 2.62. The summed E-state index contributed by atoms with van der Waals surface area (Å²) in [6, 6.07) is 14.1. The monoisotopic (exact) mass is 234 g/mol. The number of hydrogen-bond acceptors (Lipinski definition) is 1. The van der Waals surface area contributed by atoms with Crippen LogP contribution >= 0.6 is 0 Å². The van der Waals surface area contributed by atoms with E-state index in [2.05, 4.69) is 28.2 Å². The van der Waals surface area contributed by atoms with Crippen molar-refractivity contribution in [3.8, 4) is 0 Å². The van der Waals surface area contributed by atoms with Gasteiger partial charge in [0.15, 0.2) is 0 Å². The summed E-state index contributed by atoms with van der Waals surface area (Å²) in [7, 11) is 0. The summed E-state index contributed by atoms with van der Waals surface area (Å²) in [5, 5.41) is 4.00. The minimum Gasteiger partial charge on any atom is -0.354 e. The number of benzene rings is 2. The Labute approximate surface area is 102 Å². The smallest absolute Gasteiger partial charge is 0.258 e. The minimum atomic E-state index is -0.0462. The highest BCUT2D eigenvalue weighted by atomic mass is 16.1. The van der Waals surface area contributed by atoms with Crippen molar-refractivity contribution < 1.29 is 0 Å². The molecule has 0 saturated carbocycles. The van der Waals surface area contributed by atoms with Crippen molar-refractivity contribution in [2.45, 2.75) is 0 Å². The van der Waals surface area contributed by atoms with E-state index in [4.69, 9.17) is 0 Å². The Morgan fingerprint density at radius 3 is 2.61 bits per heavy atom. The molecule has 18 heavy (non-hydrogen) atoms. The van der Waals surface area contributed by atoms with E-state index in [1.807, 2.05) is 24.3 Å². The molecule has 0 spiro atoms. The van der Waals surface area contributed by atoms with Crippen LogP contribution in [0.1, 0.15) is 0 Å². The summed E-state index contributed by atoms with van der Waals surface area (Å²) < 4.78 is 0. The van der Waals surface area contributed by atoms with Crippen LogP contribution in [0, 0.1) is 0 Å². The minimum absolute atomic E-state index is 0.0462. The van der Waals surface area contributed by atoms with Crippen molar-refractivity contribution in [3.63, 3.8) is 0 Å². The summed E-state index contributed by atoms with van der Waals surface area (Å²) in [6.45, 7) is 0. The summed E-state index contributed by atoms with van der Waals surface area (Å²) in [5.41, 5.74) is 1.83. The first-order valence-electron chi connectivity index (χ1n) is 5.85. The molecule has 0 aliphatic rings. The third kappa shape index (κ3) is 1.10. The topological polar surface area (TPSA) is 48.6 Å². The lowest BCUT2D eigenvalue weighted by Gasteiger charge is -1.99. The quantitative estimate of drug-likeness (QED) is 0.482. The van der Waals surface area contributed by atoms with Crippen LogP contribution < -0.4 is 5.56 Å². The van der Waals surface area contributed by atoms with Crippen molar-refractivity contribution in [2.24, 2.45) is 0 Å². The molecule has 0 aliphatic heterocycles. The molecule has 3 heteroatoms. The highest BCUT2D eigenvalue weighted by Crippen LogP contribution is 2.29. The zero-order chi connectivity index (χ0) is 12.1. The molecular weight excluding hydrogens is 224 g/mol. The molecule has 3 nitrogen and oxygen atoms in total. The summed E-state index contributed by atoms with van der Waals surface area (Å²) >= 11 is 0. The average molecular weight is 234 g/mol. The molecule has 0 amide bonds. The molecule has 86 valence electrons. The SMILES string of the molecule is O=c1[nH]ccc2[nH]c3ccc4ccccc4c3c12. The highest BCUT2D eigenvalue weighted by molar-refractivity contribution is 6.19. The van der Waals surface area contributed by atoms with E-state index in [0.717, 1.165) is 32.6 Å². The Hall–Kier alpha value is -2.55. The molecule has 4 rings (SSSR count). The normalized spacial score (nSPS) is 11.6. The highest BCUT2D eigenvalue weighted by Gasteiger charge is 2.10. The van der Waals surface area contributed by atoms with Crippen LogP contribution in [0.25, 0.3) is 32.6 Å². The van der Waals surface area contributed by atoms with E-state index in [1.165, 1.54) is 0 Å². The van der Waals surface area contributed by atoms with Crippen LogP contribution in [0.2, 0.25) is 0 Å². The van der Waals surface area contributed by atoms with E-state index < -0.39 is 0 Å². The van der Waals surface area contributed by atoms with Gasteiger partial charge in [-0.1, -0.05) is 30.3 Å². The van der Waals surface area contributed by atoms with E-state index in [9.17, 15) is 4.79 Å². The molecule has 0 atom stereocenters. The summed E-state index contributed by atoms with van der Waals surface area (Å²) in [5.74, 6) is 0. The van der Waals surface area contributed by atoms with Crippen LogP contribution in [0.3, 0.4) is 0 Å². The van der Waals surface area contributed by atoms with Gasteiger partial charge >= 0.3 is 0 Å². The van der Waals surface area contributed by atoms with Crippen molar-refractivity contribution in [1.82, 2.24) is 9.97 Å². The number of rotatable bonds is 0. The van der Waals surface area contributed by atoms with Crippen LogP contribution in [0.15, 0.2) is 53.5 Å². The Morgan fingerprint density at radius 1 is 0.833 bits per heavy atom. The van der Waals surface area contributed by atoms with Crippen molar-refractivity contribution in [1.29, 1.82) is 0 Å². The molecule has 0 radical (unpaired) electrons. The third-order valence-electron chi connectivity index (χ3n) is 3.41. The van der Waals surface area contributed by atoms with Crippen LogP contribution in [-0.2, 0) is 0 Å². The molecule has 2 aromatic carbocycles. The third-order valence-corrected chi connectivity index (χ3v) is 3.41. The number of aromatic amines is 2. The standard InChI is InChI=1S/C15H10N2O/c18-15-14-12(7-8-16-15)17-11-6-5-9-3-1-2-4-10(9)13(11)14/h1-8,17H,(H,16,18). The molecular formula is C15H10N2O. The molecule has 4 aromatic rings. The first kappa shape index (κ1) is 9.48. The lowest BCUT2D eigenvalue weighted by Crippen LogP contribution is -2.03. The Kier molecular flexibility index (Phi) is 1.70. The second kappa shape index (κ2) is 3.23. The van der Waals surface area contributed by atoms with Crippen molar-refractivity contribution in [2.75, 3.05) is 0 Å². The summed E-state index contributed by atoms with van der Waals surface area (Å²) in [6.07, 6.45) is 1.67. The van der Waals surface area contributed by atoms with E-state index in [0.29, 0.717) is 0 Å². The number of aromatic nitrogens is 2. The van der Waals surface area contributed by atoms with Crippen LogP contribution in [0.5, 0.6) is 0 Å². The first-order chi connectivity index (χ1) is 8.84. The summed E-state index contributed by atoms with van der Waals surface area (Å²) in [4.78, 5) is 18.1. The second-order valence-electron chi connectivity index (χ2n) is 4.43. The van der Waals surface area contributed by atoms with E-state index in [1.54, 1.807) is 6.20 Å². The van der Waals surface area contributed by atoms with Crippen molar-refractivity contribution >= 4 is 32.6 Å². The average Bonchev–Trinajstić information content (AvgIpc) is 2.79. The number of hydrogen-bond donors (Lipinski definition) is 2. The fourth-order valence-electron chi connectivity index (χ4n) is 2.62. The molecule has 2 heterocycles. The van der Waals surface area contributed by atoms with Gasteiger partial charge in [-0.15, -0.1) is 0 Å². The Bertz CT molecular complexity index is 947. The molecule has 2 N–H and O–H groups in total. The Morgan fingerprint density at radius 2 is 1.67 bits per heavy atom. The zero-order valence-electron chi connectivity index (χ0n) is 9.53. The van der Waals surface area contributed by atoms with Gasteiger partial charge in [0.2, 0.25) is 0 Å². The van der Waals surface area contributed by atoms with Gasteiger partial charge < -0.3 is 9.97 Å². The van der Waals surface area contributed by atoms with E-state index in [-0.39, 0.29) is 5.56 Å². The molecule has 0 bridgehead atoms. The molecule has 0 aliphatic carbocycles. The number of pyridine rings is 1. The largest absolute Gasteiger partial charge is 0.354 e. The lowest BCUT2D eigenvalue weighted by molar-refractivity contribution is 1.28. The van der Waals surface area contributed by atoms with Gasteiger partial charge in [-0.3, -0.25) is 4.79 Å². The lowest BCUT2D eigenvalue weighted by atomic mass is 10.0. The number of fused-ring (bicyclic) bond motifs is 5. The molecule has 0 fully saturated rings. The fraction of sp³-hybridized carbons (Fsp3) is 0.